The molecular formula is C25H30ClFN4O. The first-order valence-corrected chi connectivity index (χ1v) is 10.6. The van der Waals surface area contributed by atoms with E-state index in [0.717, 1.165) is 22.4 Å². The number of aryl methyl sites for hydroxylation is 2. The summed E-state index contributed by atoms with van der Waals surface area (Å²) in [6, 6.07) is 13.1. The quantitative estimate of drug-likeness (QED) is 0.497. The number of hydrogen-bond donors (Lipinski definition) is 2. The lowest BCUT2D eigenvalue weighted by Crippen LogP contribution is -2.13. The Labute approximate surface area is 194 Å². The second-order valence-corrected chi connectivity index (χ2v) is 8.11. The van der Waals surface area contributed by atoms with Crippen LogP contribution in [0.2, 0.25) is 5.02 Å². The Kier molecular flexibility index (Phi) is 9.17. The van der Waals surface area contributed by atoms with Gasteiger partial charge in [-0.05, 0) is 61.2 Å². The van der Waals surface area contributed by atoms with E-state index in [2.05, 4.69) is 29.0 Å². The van der Waals surface area contributed by atoms with Gasteiger partial charge in [0.25, 0.3) is 0 Å². The third kappa shape index (κ3) is 6.77. The normalized spacial score (nSPS) is 11.8. The van der Waals surface area contributed by atoms with E-state index in [1.165, 1.54) is 11.6 Å². The topological polar surface area (TPSA) is 74.7 Å². The van der Waals surface area contributed by atoms with Gasteiger partial charge < -0.3 is 15.7 Å². The number of halogens is 2. The lowest BCUT2D eigenvalue weighted by atomic mass is 10.1. The van der Waals surface area contributed by atoms with Crippen LogP contribution in [0, 0.1) is 19.7 Å². The summed E-state index contributed by atoms with van der Waals surface area (Å²) in [6.45, 7) is 6.23. The standard InChI is InChI=1S/C15H17N3.C10H13ClFNO/c1-11-5-3-4-6-14(11)10-17-8-13-7-12(2)15(16)18-9-13;1-6(14)9-8(13(2)3)5-4-7(12)10(9)11/h3-7,9-10H,8H2,1-2H3,(H2,16,18);4-6,14H,1-3H3. The lowest BCUT2D eigenvalue weighted by molar-refractivity contribution is 0.199. The van der Waals surface area contributed by atoms with Gasteiger partial charge in [-0.1, -0.05) is 35.9 Å². The van der Waals surface area contributed by atoms with E-state index in [-0.39, 0.29) is 5.02 Å². The second-order valence-electron chi connectivity index (χ2n) is 7.74. The van der Waals surface area contributed by atoms with E-state index in [4.69, 9.17) is 17.3 Å². The zero-order valence-electron chi connectivity index (χ0n) is 19.1. The molecule has 0 amide bonds. The van der Waals surface area contributed by atoms with Crippen LogP contribution in [0.3, 0.4) is 0 Å². The molecule has 2 aromatic carbocycles. The van der Waals surface area contributed by atoms with Crippen molar-refractivity contribution in [2.45, 2.75) is 33.4 Å². The lowest BCUT2D eigenvalue weighted by Gasteiger charge is -2.20. The van der Waals surface area contributed by atoms with Gasteiger partial charge >= 0.3 is 0 Å². The second kappa shape index (κ2) is 11.6. The Morgan fingerprint density at radius 2 is 1.88 bits per heavy atom. The van der Waals surface area contributed by atoms with Gasteiger partial charge in [0.2, 0.25) is 0 Å². The van der Waals surface area contributed by atoms with Gasteiger partial charge in [0.05, 0.1) is 17.7 Å². The molecule has 0 aliphatic rings. The Morgan fingerprint density at radius 3 is 2.47 bits per heavy atom. The number of anilines is 2. The van der Waals surface area contributed by atoms with Gasteiger partial charge in [-0.15, -0.1) is 0 Å². The third-order valence-corrected chi connectivity index (χ3v) is 5.26. The Bertz CT molecular complexity index is 1080. The van der Waals surface area contributed by atoms with Crippen molar-refractivity contribution in [2.24, 2.45) is 4.99 Å². The summed E-state index contributed by atoms with van der Waals surface area (Å²) in [6.07, 6.45) is 2.90. The van der Waals surface area contributed by atoms with Gasteiger partial charge in [-0.2, -0.15) is 0 Å². The largest absolute Gasteiger partial charge is 0.389 e. The van der Waals surface area contributed by atoms with Crippen molar-refractivity contribution in [2.75, 3.05) is 24.7 Å². The SMILES string of the molecule is CC(O)c1c(N(C)C)ccc(F)c1Cl.Cc1ccccc1C=NCc1cnc(N)c(C)c1. The van der Waals surface area contributed by atoms with Crippen molar-refractivity contribution >= 4 is 29.3 Å². The maximum absolute atomic E-state index is 13.1. The van der Waals surface area contributed by atoms with Crippen LogP contribution < -0.4 is 10.6 Å². The van der Waals surface area contributed by atoms with Gasteiger partial charge in [0.15, 0.2) is 0 Å². The number of rotatable bonds is 5. The van der Waals surface area contributed by atoms with E-state index in [9.17, 15) is 9.50 Å². The highest BCUT2D eigenvalue weighted by atomic mass is 35.5. The van der Waals surface area contributed by atoms with E-state index < -0.39 is 11.9 Å². The fourth-order valence-electron chi connectivity index (χ4n) is 3.05. The van der Waals surface area contributed by atoms with Crippen molar-refractivity contribution in [3.63, 3.8) is 0 Å². The van der Waals surface area contributed by atoms with Crippen LogP contribution in [-0.4, -0.2) is 30.4 Å². The molecule has 1 aromatic heterocycles. The summed E-state index contributed by atoms with van der Waals surface area (Å²) < 4.78 is 13.1. The Hall–Kier alpha value is -2.96. The van der Waals surface area contributed by atoms with Crippen LogP contribution in [-0.2, 0) is 6.54 Å². The summed E-state index contributed by atoms with van der Waals surface area (Å²) in [7, 11) is 3.63. The van der Waals surface area contributed by atoms with Crippen molar-refractivity contribution in [3.8, 4) is 0 Å². The molecule has 0 saturated carbocycles. The number of nitrogens with two attached hydrogens (primary N) is 1. The molecular weight excluding hydrogens is 427 g/mol. The highest BCUT2D eigenvalue weighted by molar-refractivity contribution is 6.32. The van der Waals surface area contributed by atoms with Crippen molar-refractivity contribution in [3.05, 3.63) is 87.3 Å². The fourth-order valence-corrected chi connectivity index (χ4v) is 3.37. The molecule has 5 nitrogen and oxygen atoms in total. The van der Waals surface area contributed by atoms with E-state index in [0.29, 0.717) is 17.9 Å². The molecule has 0 aliphatic carbocycles. The molecule has 0 radical (unpaired) electrons. The first kappa shape index (κ1) is 25.3. The van der Waals surface area contributed by atoms with E-state index >= 15 is 0 Å². The number of aliphatic imine (C=N–C) groups is 1. The van der Waals surface area contributed by atoms with E-state index in [1.807, 2.05) is 45.4 Å². The van der Waals surface area contributed by atoms with Crippen LogP contribution in [0.4, 0.5) is 15.9 Å². The number of benzene rings is 2. The predicted octanol–water partition coefficient (Wildman–Crippen LogP) is 5.50. The monoisotopic (exact) mass is 456 g/mol. The molecule has 0 bridgehead atoms. The number of pyridine rings is 1. The van der Waals surface area contributed by atoms with Gasteiger partial charge in [-0.3, -0.25) is 4.99 Å². The molecule has 3 aromatic rings. The summed E-state index contributed by atoms with van der Waals surface area (Å²) in [5, 5.41) is 9.47. The maximum Gasteiger partial charge on any atom is 0.142 e. The summed E-state index contributed by atoms with van der Waals surface area (Å²) in [4.78, 5) is 10.3. The molecule has 170 valence electrons. The highest BCUT2D eigenvalue weighted by Gasteiger charge is 2.16. The zero-order chi connectivity index (χ0) is 23.8. The molecule has 1 heterocycles. The van der Waals surface area contributed by atoms with Crippen molar-refractivity contribution in [1.29, 1.82) is 0 Å². The molecule has 0 spiro atoms. The molecule has 1 unspecified atom stereocenters. The minimum atomic E-state index is -0.782. The van der Waals surface area contributed by atoms with Crippen LogP contribution in [0.15, 0.2) is 53.7 Å². The average molecular weight is 457 g/mol. The highest BCUT2D eigenvalue weighted by Crippen LogP contribution is 2.33. The molecule has 3 rings (SSSR count). The fraction of sp³-hybridized carbons (Fsp3) is 0.280. The Morgan fingerprint density at radius 1 is 1.19 bits per heavy atom. The molecule has 1 atom stereocenters. The summed E-state index contributed by atoms with van der Waals surface area (Å²) in [5.41, 5.74) is 11.3. The first-order chi connectivity index (χ1) is 15.1. The molecule has 3 N–H and O–H groups in total. The minimum Gasteiger partial charge on any atom is -0.389 e. The number of nitrogen functional groups attached to an aromatic ring is 1. The third-order valence-electron chi connectivity index (χ3n) is 4.88. The predicted molar refractivity (Wildman–Crippen MR) is 132 cm³/mol. The minimum absolute atomic E-state index is 0.00815. The van der Waals surface area contributed by atoms with E-state index in [1.54, 1.807) is 24.1 Å². The van der Waals surface area contributed by atoms with Crippen molar-refractivity contribution < 1.29 is 9.50 Å². The molecule has 7 heteroatoms. The van der Waals surface area contributed by atoms with Crippen LogP contribution >= 0.6 is 11.6 Å². The average Bonchev–Trinajstić information content (AvgIpc) is 2.74. The van der Waals surface area contributed by atoms with Crippen molar-refractivity contribution in [1.82, 2.24) is 4.98 Å². The smallest absolute Gasteiger partial charge is 0.142 e. The van der Waals surface area contributed by atoms with Crippen LogP contribution in [0.5, 0.6) is 0 Å². The van der Waals surface area contributed by atoms with Gasteiger partial charge in [0.1, 0.15) is 11.6 Å². The number of aliphatic hydroxyl groups is 1. The zero-order valence-corrected chi connectivity index (χ0v) is 19.9. The Balaban J connectivity index is 0.000000235. The van der Waals surface area contributed by atoms with Gasteiger partial charge in [-0.25, -0.2) is 9.37 Å². The number of nitrogens with zero attached hydrogens (tertiary/aromatic N) is 3. The van der Waals surface area contributed by atoms with Crippen LogP contribution in [0.1, 0.15) is 40.8 Å². The number of aromatic nitrogens is 1. The van der Waals surface area contributed by atoms with Crippen LogP contribution in [0.25, 0.3) is 0 Å². The maximum atomic E-state index is 13.1. The number of hydrogen-bond acceptors (Lipinski definition) is 5. The molecule has 32 heavy (non-hydrogen) atoms. The summed E-state index contributed by atoms with van der Waals surface area (Å²) >= 11 is 5.78. The summed E-state index contributed by atoms with van der Waals surface area (Å²) in [5.74, 6) is 0.0785. The molecule has 0 fully saturated rings. The first-order valence-electron chi connectivity index (χ1n) is 10.2. The number of aliphatic hydroxyl groups excluding tert-OH is 1. The molecule has 0 saturated heterocycles. The van der Waals surface area contributed by atoms with Gasteiger partial charge in [0, 0.05) is 37.8 Å². The molecule has 0 aliphatic heterocycles.